The summed E-state index contributed by atoms with van der Waals surface area (Å²) in [5.74, 6) is 1.96. The zero-order valence-corrected chi connectivity index (χ0v) is 13.5. The molecule has 0 aliphatic heterocycles. The monoisotopic (exact) mass is 332 g/mol. The Kier molecular flexibility index (Phi) is 4.00. The van der Waals surface area contributed by atoms with Gasteiger partial charge in [-0.25, -0.2) is 4.98 Å². The second-order valence-corrected chi connectivity index (χ2v) is 5.37. The van der Waals surface area contributed by atoms with E-state index in [4.69, 9.17) is 13.9 Å². The average Bonchev–Trinajstić information content (AvgIpc) is 3.11. The number of nitrogens with zero attached hydrogens (tertiary/aromatic N) is 3. The van der Waals surface area contributed by atoms with Crippen molar-refractivity contribution in [1.82, 2.24) is 15.0 Å². The van der Waals surface area contributed by atoms with Crippen LogP contribution in [-0.2, 0) is 6.61 Å². The third kappa shape index (κ3) is 3.28. The standard InChI is InChI=1S/C19H15N3O3/c1-23-16-5-4-14(21-11-16)12-24-15-6-7-18-17(9-15)22-19(25-18)13-3-2-8-20-10-13/h2-11H,12H2,1H3/i1-1. The van der Waals surface area contributed by atoms with Gasteiger partial charge in [-0.05, 0) is 36.4 Å². The Morgan fingerprint density at radius 3 is 2.72 bits per heavy atom. The van der Waals surface area contributed by atoms with Gasteiger partial charge in [0.15, 0.2) is 5.58 Å². The molecule has 4 aromatic rings. The zero-order valence-electron chi connectivity index (χ0n) is 13.5. The summed E-state index contributed by atoms with van der Waals surface area (Å²) in [6, 6.07) is 13.0. The maximum atomic E-state index is 5.79. The van der Waals surface area contributed by atoms with Crippen molar-refractivity contribution in [1.29, 1.82) is 0 Å². The number of pyridine rings is 2. The van der Waals surface area contributed by atoms with Gasteiger partial charge in [-0.2, -0.15) is 0 Å². The Balaban J connectivity index is 1.52. The minimum atomic E-state index is 0.364. The van der Waals surface area contributed by atoms with Gasteiger partial charge in [0.1, 0.15) is 23.6 Å². The fourth-order valence-corrected chi connectivity index (χ4v) is 2.38. The van der Waals surface area contributed by atoms with Crippen LogP contribution in [0.15, 0.2) is 65.5 Å². The Bertz CT molecular complexity index is 982. The maximum Gasteiger partial charge on any atom is 0.228 e. The van der Waals surface area contributed by atoms with Crippen LogP contribution < -0.4 is 9.47 Å². The lowest BCUT2D eigenvalue weighted by Gasteiger charge is -2.06. The van der Waals surface area contributed by atoms with Crippen molar-refractivity contribution in [2.24, 2.45) is 0 Å². The van der Waals surface area contributed by atoms with Crippen LogP contribution in [0.1, 0.15) is 5.69 Å². The molecule has 3 heterocycles. The second-order valence-electron chi connectivity index (χ2n) is 5.37. The van der Waals surface area contributed by atoms with Crippen LogP contribution in [0.3, 0.4) is 0 Å². The Morgan fingerprint density at radius 1 is 1.04 bits per heavy atom. The van der Waals surface area contributed by atoms with Gasteiger partial charge in [0.25, 0.3) is 0 Å². The highest BCUT2D eigenvalue weighted by atomic mass is 16.5. The van der Waals surface area contributed by atoms with Gasteiger partial charge < -0.3 is 13.9 Å². The summed E-state index contributed by atoms with van der Waals surface area (Å²) in [7, 11) is 1.61. The summed E-state index contributed by atoms with van der Waals surface area (Å²) < 4.78 is 16.6. The topological polar surface area (TPSA) is 70.3 Å². The molecule has 0 fully saturated rings. The lowest BCUT2D eigenvalue weighted by molar-refractivity contribution is 0.301. The number of ether oxygens (including phenoxy) is 2. The van der Waals surface area contributed by atoms with Crippen molar-refractivity contribution in [2.75, 3.05) is 7.11 Å². The number of fused-ring (bicyclic) bond motifs is 1. The number of oxazole rings is 1. The van der Waals surface area contributed by atoms with E-state index in [1.807, 2.05) is 42.5 Å². The lowest BCUT2D eigenvalue weighted by atomic mass is 10.3. The van der Waals surface area contributed by atoms with Crippen molar-refractivity contribution in [3.05, 3.63) is 66.7 Å². The summed E-state index contributed by atoms with van der Waals surface area (Å²) in [4.78, 5) is 12.9. The van der Waals surface area contributed by atoms with E-state index in [9.17, 15) is 0 Å². The number of rotatable bonds is 5. The predicted octanol–water partition coefficient (Wildman–Crippen LogP) is 3.87. The van der Waals surface area contributed by atoms with Crippen LogP contribution in [0.5, 0.6) is 11.5 Å². The third-order valence-corrected chi connectivity index (χ3v) is 3.69. The molecule has 1 aromatic carbocycles. The summed E-state index contributed by atoms with van der Waals surface area (Å²) >= 11 is 0. The number of benzene rings is 1. The van der Waals surface area contributed by atoms with E-state index in [0.717, 1.165) is 22.5 Å². The van der Waals surface area contributed by atoms with Crippen molar-refractivity contribution >= 4 is 11.1 Å². The average molecular weight is 332 g/mol. The van der Waals surface area contributed by atoms with Gasteiger partial charge in [-0.15, -0.1) is 0 Å². The van der Waals surface area contributed by atoms with Crippen molar-refractivity contribution in [3.8, 4) is 23.0 Å². The van der Waals surface area contributed by atoms with Gasteiger partial charge >= 0.3 is 0 Å². The minimum absolute atomic E-state index is 0.364. The first-order valence-electron chi connectivity index (χ1n) is 7.74. The highest BCUT2D eigenvalue weighted by Crippen LogP contribution is 2.26. The van der Waals surface area contributed by atoms with E-state index >= 15 is 0 Å². The molecular weight excluding hydrogens is 317 g/mol. The Morgan fingerprint density at radius 2 is 1.96 bits per heavy atom. The summed E-state index contributed by atoms with van der Waals surface area (Å²) in [6.07, 6.45) is 5.10. The summed E-state index contributed by atoms with van der Waals surface area (Å²) in [5, 5.41) is 0. The van der Waals surface area contributed by atoms with Crippen molar-refractivity contribution in [2.45, 2.75) is 6.61 Å². The molecular formula is C19H15N3O3. The molecule has 4 rings (SSSR count). The highest BCUT2D eigenvalue weighted by molar-refractivity contribution is 5.77. The summed E-state index contributed by atoms with van der Waals surface area (Å²) in [6.45, 7) is 0.364. The molecule has 0 N–H and O–H groups in total. The molecule has 0 aliphatic carbocycles. The summed E-state index contributed by atoms with van der Waals surface area (Å²) in [5.41, 5.74) is 3.09. The molecule has 3 aromatic heterocycles. The first-order chi connectivity index (χ1) is 12.3. The van der Waals surface area contributed by atoms with E-state index < -0.39 is 0 Å². The van der Waals surface area contributed by atoms with Crippen LogP contribution >= 0.6 is 0 Å². The lowest BCUT2D eigenvalue weighted by Crippen LogP contribution is -1.98. The molecule has 124 valence electrons. The number of hydrogen-bond acceptors (Lipinski definition) is 6. The molecule has 0 unspecified atom stereocenters. The maximum absolute atomic E-state index is 5.79. The fraction of sp³-hybridized carbons (Fsp3) is 0.105. The predicted molar refractivity (Wildman–Crippen MR) is 92.4 cm³/mol. The largest absolute Gasteiger partial charge is 0.495 e. The third-order valence-electron chi connectivity index (χ3n) is 3.69. The fourth-order valence-electron chi connectivity index (χ4n) is 2.38. The molecule has 6 heteroatoms. The van der Waals surface area contributed by atoms with E-state index in [1.165, 1.54) is 0 Å². The number of methoxy groups -OCH3 is 1. The first kappa shape index (κ1) is 15.1. The number of aromatic nitrogens is 3. The molecule has 0 amide bonds. The Labute approximate surface area is 144 Å². The van der Waals surface area contributed by atoms with Gasteiger partial charge in [0, 0.05) is 18.5 Å². The smallest absolute Gasteiger partial charge is 0.228 e. The van der Waals surface area contributed by atoms with Gasteiger partial charge in [-0.1, -0.05) is 0 Å². The van der Waals surface area contributed by atoms with Crippen LogP contribution in [0.2, 0.25) is 0 Å². The molecule has 0 bridgehead atoms. The van der Waals surface area contributed by atoms with E-state index in [1.54, 1.807) is 25.7 Å². The SMILES string of the molecule is [11CH3]Oc1ccc(COc2ccc3oc(-c4cccnc4)nc3c2)nc1. The first-order valence-corrected chi connectivity index (χ1v) is 7.74. The van der Waals surface area contributed by atoms with Gasteiger partial charge in [0.05, 0.1) is 24.6 Å². The molecule has 0 spiro atoms. The number of hydrogen-bond donors (Lipinski definition) is 0. The molecule has 0 aliphatic rings. The quantitative estimate of drug-likeness (QED) is 0.552. The van der Waals surface area contributed by atoms with E-state index in [0.29, 0.717) is 23.8 Å². The second kappa shape index (κ2) is 6.60. The Hall–Kier alpha value is -3.41. The van der Waals surface area contributed by atoms with Crippen LogP contribution in [-0.4, -0.2) is 22.1 Å². The highest BCUT2D eigenvalue weighted by Gasteiger charge is 2.09. The van der Waals surface area contributed by atoms with Gasteiger partial charge in [0.2, 0.25) is 5.89 Å². The van der Waals surface area contributed by atoms with Crippen molar-refractivity contribution in [3.63, 3.8) is 0 Å². The van der Waals surface area contributed by atoms with Crippen LogP contribution in [0, 0.1) is 0 Å². The molecule has 25 heavy (non-hydrogen) atoms. The van der Waals surface area contributed by atoms with E-state index in [2.05, 4.69) is 15.0 Å². The molecule has 0 saturated carbocycles. The molecule has 0 saturated heterocycles. The molecule has 0 atom stereocenters. The van der Waals surface area contributed by atoms with Gasteiger partial charge in [-0.3, -0.25) is 9.97 Å². The molecule has 6 nitrogen and oxygen atoms in total. The minimum Gasteiger partial charge on any atom is -0.495 e. The normalized spacial score (nSPS) is 10.8. The molecule has 0 radical (unpaired) electrons. The zero-order chi connectivity index (χ0) is 17.1. The van der Waals surface area contributed by atoms with Crippen LogP contribution in [0.25, 0.3) is 22.6 Å². The van der Waals surface area contributed by atoms with E-state index in [-0.39, 0.29) is 0 Å². The van der Waals surface area contributed by atoms with Crippen molar-refractivity contribution < 1.29 is 13.9 Å². The van der Waals surface area contributed by atoms with Crippen LogP contribution in [0.4, 0.5) is 0 Å².